The number of piperazine rings is 1. The number of methoxy groups -OCH3 is 1. The van der Waals surface area contributed by atoms with Gasteiger partial charge in [-0.3, -0.25) is 19.4 Å². The van der Waals surface area contributed by atoms with Crippen LogP contribution < -0.4 is 10.1 Å². The topological polar surface area (TPSA) is 65.1 Å². The van der Waals surface area contributed by atoms with Gasteiger partial charge in [0, 0.05) is 51.7 Å². The Morgan fingerprint density at radius 2 is 1.90 bits per heavy atom. The van der Waals surface area contributed by atoms with E-state index in [1.165, 1.54) is 5.56 Å². The molecule has 2 saturated heterocycles. The molecule has 29 heavy (non-hydrogen) atoms. The highest BCUT2D eigenvalue weighted by Crippen LogP contribution is 2.31. The fourth-order valence-corrected chi connectivity index (χ4v) is 4.37. The van der Waals surface area contributed by atoms with E-state index >= 15 is 0 Å². The summed E-state index contributed by atoms with van der Waals surface area (Å²) in [5.41, 5.74) is 1.17. The molecule has 1 spiro atoms. The molecule has 0 aliphatic carbocycles. The second-order valence-electron chi connectivity index (χ2n) is 8.37. The van der Waals surface area contributed by atoms with E-state index in [0.717, 1.165) is 51.2 Å². The highest BCUT2D eigenvalue weighted by Gasteiger charge is 2.41. The molecule has 2 aliphatic heterocycles. The molecular weight excluding hydrogens is 368 g/mol. The summed E-state index contributed by atoms with van der Waals surface area (Å²) >= 11 is 0. The maximum absolute atomic E-state index is 12.5. The zero-order valence-corrected chi connectivity index (χ0v) is 17.9. The van der Waals surface area contributed by atoms with Crippen LogP contribution in [-0.2, 0) is 16.0 Å². The van der Waals surface area contributed by atoms with Crippen LogP contribution >= 0.6 is 0 Å². The number of likely N-dealkylation sites (N-methyl/N-ethyl adjacent to an activating group) is 1. The highest BCUT2D eigenvalue weighted by atomic mass is 16.5. The van der Waals surface area contributed by atoms with Gasteiger partial charge in [-0.2, -0.15) is 0 Å². The maximum Gasteiger partial charge on any atom is 0.234 e. The highest BCUT2D eigenvalue weighted by molar-refractivity contribution is 5.78. The normalized spacial score (nSPS) is 23.8. The molecule has 7 heteroatoms. The van der Waals surface area contributed by atoms with Gasteiger partial charge in [-0.25, -0.2) is 0 Å². The van der Waals surface area contributed by atoms with E-state index < -0.39 is 0 Å². The first-order chi connectivity index (χ1) is 13.9. The monoisotopic (exact) mass is 402 g/mol. The van der Waals surface area contributed by atoms with Crippen molar-refractivity contribution in [2.24, 2.45) is 0 Å². The summed E-state index contributed by atoms with van der Waals surface area (Å²) in [6.07, 6.45) is 3.21. The van der Waals surface area contributed by atoms with Crippen molar-refractivity contribution in [3.63, 3.8) is 0 Å². The van der Waals surface area contributed by atoms with Crippen LogP contribution in [0.25, 0.3) is 0 Å². The van der Waals surface area contributed by atoms with Gasteiger partial charge in [-0.1, -0.05) is 12.1 Å². The molecule has 1 unspecified atom stereocenters. The molecule has 1 aromatic carbocycles. The van der Waals surface area contributed by atoms with Crippen LogP contribution in [0.15, 0.2) is 24.3 Å². The number of hydrogen-bond acceptors (Lipinski definition) is 5. The van der Waals surface area contributed by atoms with Gasteiger partial charge in [0.25, 0.3) is 0 Å². The third kappa shape index (κ3) is 5.48. The Morgan fingerprint density at radius 1 is 1.14 bits per heavy atom. The Morgan fingerprint density at radius 3 is 2.62 bits per heavy atom. The van der Waals surface area contributed by atoms with Crippen molar-refractivity contribution in [1.29, 1.82) is 0 Å². The van der Waals surface area contributed by atoms with Crippen LogP contribution in [0.1, 0.15) is 24.8 Å². The summed E-state index contributed by atoms with van der Waals surface area (Å²) in [7, 11) is 5.70. The summed E-state index contributed by atoms with van der Waals surface area (Å²) in [4.78, 5) is 31.1. The molecule has 0 radical (unpaired) electrons. The Kier molecular flexibility index (Phi) is 7.14. The van der Waals surface area contributed by atoms with E-state index in [-0.39, 0.29) is 17.4 Å². The molecule has 1 atom stereocenters. The van der Waals surface area contributed by atoms with Crippen molar-refractivity contribution >= 4 is 11.8 Å². The number of ether oxygens (including phenoxy) is 1. The fourth-order valence-electron chi connectivity index (χ4n) is 4.37. The van der Waals surface area contributed by atoms with Gasteiger partial charge in [0.15, 0.2) is 0 Å². The van der Waals surface area contributed by atoms with E-state index in [0.29, 0.717) is 19.5 Å². The number of nitrogens with zero attached hydrogens (tertiary/aromatic N) is 3. The van der Waals surface area contributed by atoms with Gasteiger partial charge in [-0.15, -0.1) is 0 Å². The largest absolute Gasteiger partial charge is 0.497 e. The van der Waals surface area contributed by atoms with E-state index in [1.807, 2.05) is 36.2 Å². The van der Waals surface area contributed by atoms with Crippen LogP contribution in [0.4, 0.5) is 0 Å². The Hall–Kier alpha value is -2.12. The Balaban J connectivity index is 1.47. The number of amides is 2. The molecule has 0 saturated carbocycles. The lowest BCUT2D eigenvalue weighted by atomic mass is 9.86. The van der Waals surface area contributed by atoms with E-state index in [2.05, 4.69) is 22.2 Å². The van der Waals surface area contributed by atoms with Gasteiger partial charge in [0.1, 0.15) is 5.75 Å². The van der Waals surface area contributed by atoms with Crippen molar-refractivity contribution in [2.75, 3.05) is 60.5 Å². The van der Waals surface area contributed by atoms with E-state index in [4.69, 9.17) is 4.74 Å². The molecule has 2 heterocycles. The molecule has 2 aliphatic rings. The summed E-state index contributed by atoms with van der Waals surface area (Å²) in [6.45, 7) is 4.48. The Labute approximate surface area is 174 Å². The molecule has 2 fully saturated rings. The number of likely N-dealkylation sites (tertiary alicyclic amines) is 1. The van der Waals surface area contributed by atoms with Gasteiger partial charge >= 0.3 is 0 Å². The first-order valence-corrected chi connectivity index (χ1v) is 10.5. The van der Waals surface area contributed by atoms with Crippen LogP contribution in [0, 0.1) is 0 Å². The zero-order chi connectivity index (χ0) is 20.9. The zero-order valence-electron chi connectivity index (χ0n) is 17.9. The fraction of sp³-hybridized carbons (Fsp3) is 0.636. The standard InChI is InChI=1S/C22H34N4O3/c1-24-13-11-22(10-8-21(24)28)17-26(15-14-25(22)2)16-20(27)23-12-9-18-4-6-19(29-3)7-5-18/h4-7H,8-17H2,1-3H3,(H,23,27). The molecule has 1 aromatic rings. The SMILES string of the molecule is COc1ccc(CCNC(=O)CN2CCN(C)C3(CCC(=O)N(C)CC3)C2)cc1. The average molecular weight is 403 g/mol. The van der Waals surface area contributed by atoms with Crippen molar-refractivity contribution in [3.8, 4) is 5.75 Å². The molecule has 2 amide bonds. The third-order valence-electron chi connectivity index (χ3n) is 6.48. The van der Waals surface area contributed by atoms with Crippen molar-refractivity contribution in [2.45, 2.75) is 31.2 Å². The first-order valence-electron chi connectivity index (χ1n) is 10.5. The first kappa shape index (κ1) is 21.6. The van der Waals surface area contributed by atoms with Crippen molar-refractivity contribution in [1.82, 2.24) is 20.0 Å². The second kappa shape index (κ2) is 9.59. The van der Waals surface area contributed by atoms with Crippen LogP contribution in [-0.4, -0.2) is 92.5 Å². The van der Waals surface area contributed by atoms with Gasteiger partial charge in [0.2, 0.25) is 11.8 Å². The van der Waals surface area contributed by atoms with Crippen LogP contribution in [0.3, 0.4) is 0 Å². The maximum atomic E-state index is 12.5. The molecule has 0 bridgehead atoms. The Bertz CT molecular complexity index is 709. The lowest BCUT2D eigenvalue weighted by Gasteiger charge is -2.49. The number of hydrogen-bond donors (Lipinski definition) is 1. The number of rotatable bonds is 6. The third-order valence-corrected chi connectivity index (χ3v) is 6.48. The second-order valence-corrected chi connectivity index (χ2v) is 8.37. The number of nitrogens with one attached hydrogen (secondary N) is 1. The van der Waals surface area contributed by atoms with E-state index in [9.17, 15) is 9.59 Å². The summed E-state index contributed by atoms with van der Waals surface area (Å²) in [5, 5.41) is 3.05. The van der Waals surface area contributed by atoms with Crippen molar-refractivity contribution in [3.05, 3.63) is 29.8 Å². The smallest absolute Gasteiger partial charge is 0.234 e. The molecule has 7 nitrogen and oxygen atoms in total. The summed E-state index contributed by atoms with van der Waals surface area (Å²) in [6, 6.07) is 7.94. The molecule has 0 aromatic heterocycles. The summed E-state index contributed by atoms with van der Waals surface area (Å²) in [5.74, 6) is 1.14. The predicted octanol–water partition coefficient (Wildman–Crippen LogP) is 0.982. The van der Waals surface area contributed by atoms with Crippen LogP contribution in [0.5, 0.6) is 5.75 Å². The minimum atomic E-state index is -0.0119. The van der Waals surface area contributed by atoms with E-state index in [1.54, 1.807) is 7.11 Å². The molecule has 160 valence electrons. The number of carbonyl (C=O) groups excluding carboxylic acids is 2. The predicted molar refractivity (Wildman–Crippen MR) is 113 cm³/mol. The molecule has 3 rings (SSSR count). The van der Waals surface area contributed by atoms with Crippen molar-refractivity contribution < 1.29 is 14.3 Å². The lowest BCUT2D eigenvalue weighted by Crippen LogP contribution is -2.62. The number of carbonyl (C=O) groups is 2. The minimum absolute atomic E-state index is 0.0119. The average Bonchev–Trinajstić information content (AvgIpc) is 2.86. The molecule has 1 N–H and O–H groups in total. The van der Waals surface area contributed by atoms with Gasteiger partial charge in [-0.05, 0) is 44.0 Å². The lowest BCUT2D eigenvalue weighted by molar-refractivity contribution is -0.129. The van der Waals surface area contributed by atoms with Gasteiger partial charge in [0.05, 0.1) is 13.7 Å². The molecular formula is C22H34N4O3. The minimum Gasteiger partial charge on any atom is -0.497 e. The van der Waals surface area contributed by atoms with Crippen LogP contribution in [0.2, 0.25) is 0 Å². The quantitative estimate of drug-likeness (QED) is 0.769. The summed E-state index contributed by atoms with van der Waals surface area (Å²) < 4.78 is 5.17. The van der Waals surface area contributed by atoms with Gasteiger partial charge < -0.3 is 15.0 Å². The number of benzene rings is 1.